The normalized spacial score (nSPS) is 19.1. The maximum Gasteiger partial charge on any atom is 0.269 e. The van der Waals surface area contributed by atoms with Crippen molar-refractivity contribution in [3.63, 3.8) is 0 Å². The molecule has 0 aromatic heterocycles. The van der Waals surface area contributed by atoms with Crippen LogP contribution in [0.2, 0.25) is 0 Å². The number of non-ortho nitro benzene ring substituents is 1. The van der Waals surface area contributed by atoms with Gasteiger partial charge < -0.3 is 19.5 Å². The molecule has 0 bridgehead atoms. The van der Waals surface area contributed by atoms with E-state index in [1.165, 1.54) is 6.07 Å². The molecular weight excluding hydrogens is 386 g/mol. The fraction of sp³-hybridized carbons (Fsp3) is 0.455. The van der Waals surface area contributed by atoms with Crippen molar-refractivity contribution < 1.29 is 19.5 Å². The zero-order valence-corrected chi connectivity index (χ0v) is 17.1. The zero-order chi connectivity index (χ0) is 21.1. The minimum atomic E-state index is -0.344. The van der Waals surface area contributed by atoms with Gasteiger partial charge in [-0.25, -0.2) is 0 Å². The number of ether oxygens (including phenoxy) is 2. The first-order valence-electron chi connectivity index (χ1n) is 10.3. The topological polar surface area (TPSA) is 88.3 Å². The number of anilines is 1. The van der Waals surface area contributed by atoms with E-state index >= 15 is 0 Å². The Morgan fingerprint density at radius 3 is 2.73 bits per heavy atom. The van der Waals surface area contributed by atoms with E-state index in [1.54, 1.807) is 25.3 Å². The lowest BCUT2D eigenvalue weighted by atomic mass is 9.89. The fourth-order valence-electron chi connectivity index (χ4n) is 4.30. The van der Waals surface area contributed by atoms with Gasteiger partial charge >= 0.3 is 0 Å². The molecule has 1 fully saturated rings. The van der Waals surface area contributed by atoms with Gasteiger partial charge in [0.25, 0.3) is 5.69 Å². The first kappa shape index (κ1) is 20.3. The van der Waals surface area contributed by atoms with Crippen LogP contribution in [0.15, 0.2) is 36.4 Å². The average Bonchev–Trinajstić information content (AvgIpc) is 2.78. The van der Waals surface area contributed by atoms with Crippen molar-refractivity contribution >= 4 is 11.4 Å². The van der Waals surface area contributed by atoms with E-state index in [4.69, 9.17) is 9.47 Å². The van der Waals surface area contributed by atoms with E-state index in [0.29, 0.717) is 12.4 Å². The fourth-order valence-corrected chi connectivity index (χ4v) is 4.30. The van der Waals surface area contributed by atoms with Crippen molar-refractivity contribution in [2.24, 2.45) is 0 Å². The largest absolute Gasteiger partial charge is 0.504 e. The number of hydrogen-bond donors (Lipinski definition) is 1. The van der Waals surface area contributed by atoms with E-state index in [0.717, 1.165) is 62.6 Å². The molecule has 8 nitrogen and oxygen atoms in total. The highest BCUT2D eigenvalue weighted by molar-refractivity contribution is 5.56. The summed E-state index contributed by atoms with van der Waals surface area (Å²) in [6, 6.07) is 10.4. The monoisotopic (exact) mass is 413 g/mol. The Kier molecular flexibility index (Phi) is 5.94. The Morgan fingerprint density at radius 2 is 2.00 bits per heavy atom. The minimum Gasteiger partial charge on any atom is -0.504 e. The van der Waals surface area contributed by atoms with Crippen molar-refractivity contribution in [3.05, 3.63) is 52.1 Å². The van der Waals surface area contributed by atoms with Crippen LogP contribution >= 0.6 is 0 Å². The van der Waals surface area contributed by atoms with Gasteiger partial charge in [-0.15, -0.1) is 0 Å². The number of hydrogen-bond acceptors (Lipinski definition) is 7. The molecule has 1 atom stereocenters. The highest BCUT2D eigenvalue weighted by Gasteiger charge is 2.25. The molecule has 0 radical (unpaired) electrons. The second-order valence-electron chi connectivity index (χ2n) is 7.79. The van der Waals surface area contributed by atoms with Crippen LogP contribution in [0.5, 0.6) is 17.2 Å². The van der Waals surface area contributed by atoms with Crippen LogP contribution in [-0.2, 0) is 0 Å². The Bertz CT molecular complexity index is 912. The van der Waals surface area contributed by atoms with Crippen LogP contribution < -0.4 is 14.4 Å². The van der Waals surface area contributed by atoms with Crippen LogP contribution in [0.25, 0.3) is 0 Å². The number of aromatic hydroxyl groups is 1. The SMILES string of the molecule is COc1cc(N2CCN(CCC3CCOc4ccc([N+](=O)[O-])cc43)CC2)ccc1O. The standard InChI is InChI=1S/C22H27N3O5/c1-29-22-15-17(2-4-20(22)26)24-11-9-23(10-12-24)8-6-16-7-13-30-21-5-3-18(25(27)28)14-19(16)21/h2-5,14-16,26H,6-13H2,1H3. The average molecular weight is 413 g/mol. The molecule has 0 aliphatic carbocycles. The number of methoxy groups -OCH3 is 1. The van der Waals surface area contributed by atoms with Crippen molar-refractivity contribution in [2.75, 3.05) is 51.3 Å². The molecule has 2 aliphatic rings. The van der Waals surface area contributed by atoms with Crippen LogP contribution in [0, 0.1) is 10.1 Å². The van der Waals surface area contributed by atoms with Crippen LogP contribution in [0.4, 0.5) is 11.4 Å². The number of nitrogens with zero attached hydrogens (tertiary/aromatic N) is 3. The number of benzene rings is 2. The predicted molar refractivity (Wildman–Crippen MR) is 114 cm³/mol. The van der Waals surface area contributed by atoms with Gasteiger partial charge in [0.2, 0.25) is 0 Å². The lowest BCUT2D eigenvalue weighted by molar-refractivity contribution is -0.385. The summed E-state index contributed by atoms with van der Waals surface area (Å²) in [6.07, 6.45) is 1.85. The Balaban J connectivity index is 1.34. The van der Waals surface area contributed by atoms with E-state index in [2.05, 4.69) is 9.80 Å². The molecule has 160 valence electrons. The summed E-state index contributed by atoms with van der Waals surface area (Å²) in [4.78, 5) is 15.5. The second kappa shape index (κ2) is 8.79. The summed E-state index contributed by atoms with van der Waals surface area (Å²) in [6.45, 7) is 5.33. The first-order valence-corrected chi connectivity index (χ1v) is 10.3. The van der Waals surface area contributed by atoms with Crippen molar-refractivity contribution in [3.8, 4) is 17.2 Å². The third kappa shape index (κ3) is 4.28. The predicted octanol–water partition coefficient (Wildman–Crippen LogP) is 3.39. The highest BCUT2D eigenvalue weighted by atomic mass is 16.6. The summed E-state index contributed by atoms with van der Waals surface area (Å²) in [5, 5.41) is 20.9. The molecule has 30 heavy (non-hydrogen) atoms. The number of phenols is 1. The summed E-state index contributed by atoms with van der Waals surface area (Å²) in [5.74, 6) is 1.70. The van der Waals surface area contributed by atoms with E-state index < -0.39 is 0 Å². The summed E-state index contributed by atoms with van der Waals surface area (Å²) >= 11 is 0. The number of nitro groups is 1. The number of phenolic OH excluding ortho intramolecular Hbond substituents is 1. The zero-order valence-electron chi connectivity index (χ0n) is 17.1. The molecule has 0 spiro atoms. The smallest absolute Gasteiger partial charge is 0.269 e. The first-order chi connectivity index (χ1) is 14.5. The van der Waals surface area contributed by atoms with Crippen molar-refractivity contribution in [1.29, 1.82) is 0 Å². The molecule has 2 aromatic rings. The Hall–Kier alpha value is -3.00. The van der Waals surface area contributed by atoms with Crippen LogP contribution in [0.3, 0.4) is 0 Å². The van der Waals surface area contributed by atoms with Gasteiger partial charge in [-0.05, 0) is 43.5 Å². The Morgan fingerprint density at radius 1 is 1.20 bits per heavy atom. The quantitative estimate of drug-likeness (QED) is 0.574. The van der Waals surface area contributed by atoms with Crippen molar-refractivity contribution in [2.45, 2.75) is 18.8 Å². The van der Waals surface area contributed by atoms with Crippen LogP contribution in [0.1, 0.15) is 24.3 Å². The molecule has 1 unspecified atom stereocenters. The van der Waals surface area contributed by atoms with Crippen molar-refractivity contribution in [1.82, 2.24) is 4.90 Å². The molecule has 2 aliphatic heterocycles. The number of rotatable bonds is 6. The molecule has 1 saturated heterocycles. The molecule has 2 heterocycles. The van der Waals surface area contributed by atoms with Gasteiger partial charge in [-0.1, -0.05) is 0 Å². The van der Waals surface area contributed by atoms with E-state index in [-0.39, 0.29) is 22.3 Å². The number of piperazine rings is 1. The van der Waals surface area contributed by atoms with Gasteiger partial charge in [0.15, 0.2) is 11.5 Å². The molecule has 4 rings (SSSR count). The molecule has 0 saturated carbocycles. The van der Waals surface area contributed by atoms with Gasteiger partial charge in [0.05, 0.1) is 18.6 Å². The van der Waals surface area contributed by atoms with Crippen LogP contribution in [-0.4, -0.2) is 61.4 Å². The Labute approximate surface area is 175 Å². The lowest BCUT2D eigenvalue weighted by Gasteiger charge is -2.37. The van der Waals surface area contributed by atoms with E-state index in [1.807, 2.05) is 12.1 Å². The minimum absolute atomic E-state index is 0.127. The highest BCUT2D eigenvalue weighted by Crippen LogP contribution is 2.38. The molecule has 0 amide bonds. The molecule has 8 heteroatoms. The summed E-state index contributed by atoms with van der Waals surface area (Å²) in [5.41, 5.74) is 2.14. The summed E-state index contributed by atoms with van der Waals surface area (Å²) in [7, 11) is 1.56. The van der Waals surface area contributed by atoms with Gasteiger partial charge in [0.1, 0.15) is 5.75 Å². The number of nitro benzene ring substituents is 1. The maximum atomic E-state index is 11.1. The lowest BCUT2D eigenvalue weighted by Crippen LogP contribution is -2.46. The van der Waals surface area contributed by atoms with Gasteiger partial charge in [0, 0.05) is 55.6 Å². The second-order valence-corrected chi connectivity index (χ2v) is 7.79. The maximum absolute atomic E-state index is 11.1. The van der Waals surface area contributed by atoms with Gasteiger partial charge in [-0.2, -0.15) is 0 Å². The molecule has 2 aromatic carbocycles. The van der Waals surface area contributed by atoms with Gasteiger partial charge in [-0.3, -0.25) is 15.0 Å². The third-order valence-corrected chi connectivity index (χ3v) is 6.06. The van der Waals surface area contributed by atoms with E-state index in [9.17, 15) is 15.2 Å². The molecule has 1 N–H and O–H groups in total. The number of fused-ring (bicyclic) bond motifs is 1. The summed E-state index contributed by atoms with van der Waals surface area (Å²) < 4.78 is 10.9. The molecular formula is C22H27N3O5. The third-order valence-electron chi connectivity index (χ3n) is 6.06.